The Kier molecular flexibility index (Phi) is 5.72. The van der Waals surface area contributed by atoms with Crippen LogP contribution in [0.4, 0.5) is 4.79 Å². The van der Waals surface area contributed by atoms with Gasteiger partial charge in [0.25, 0.3) is 5.91 Å². The van der Waals surface area contributed by atoms with Gasteiger partial charge in [-0.05, 0) is 48.8 Å². The van der Waals surface area contributed by atoms with Gasteiger partial charge >= 0.3 is 6.03 Å². The minimum absolute atomic E-state index is 0.0313. The van der Waals surface area contributed by atoms with Crippen molar-refractivity contribution in [1.29, 1.82) is 0 Å². The van der Waals surface area contributed by atoms with E-state index in [1.165, 1.54) is 0 Å². The fraction of sp³-hybridized carbons (Fsp3) is 0.583. The highest BCUT2D eigenvalue weighted by molar-refractivity contribution is 6.05. The number of benzene rings is 1. The Morgan fingerprint density at radius 2 is 1.91 bits per heavy atom. The lowest BCUT2D eigenvalue weighted by Crippen LogP contribution is -2.61. The summed E-state index contributed by atoms with van der Waals surface area (Å²) in [5, 5.41) is 2.68. The fourth-order valence-corrected chi connectivity index (χ4v) is 5.90. The van der Waals surface area contributed by atoms with Crippen molar-refractivity contribution in [3.05, 3.63) is 29.8 Å². The molecule has 1 N–H and O–H groups in total. The van der Waals surface area contributed by atoms with Crippen molar-refractivity contribution in [3.63, 3.8) is 0 Å². The lowest BCUT2D eigenvalue weighted by molar-refractivity contribution is -0.149. The quantitative estimate of drug-likeness (QED) is 0.678. The number of carbonyl (C=O) groups is 4. The van der Waals surface area contributed by atoms with E-state index in [2.05, 4.69) is 5.32 Å². The van der Waals surface area contributed by atoms with Crippen molar-refractivity contribution in [2.75, 3.05) is 26.7 Å². The summed E-state index contributed by atoms with van der Waals surface area (Å²) in [4.78, 5) is 55.8. The minimum Gasteiger partial charge on any atom is -0.497 e. The Bertz CT molecular complexity index is 964. The highest BCUT2D eigenvalue weighted by Gasteiger charge is 2.46. The topological polar surface area (TPSA) is 99.3 Å². The van der Waals surface area contributed by atoms with E-state index in [9.17, 15) is 19.2 Å². The van der Waals surface area contributed by atoms with E-state index in [4.69, 9.17) is 4.74 Å². The minimum atomic E-state index is -0.835. The maximum absolute atomic E-state index is 13.1. The number of hydrogen-bond donors (Lipinski definition) is 1. The van der Waals surface area contributed by atoms with Gasteiger partial charge in [-0.1, -0.05) is 12.1 Å². The molecule has 4 aliphatic rings. The van der Waals surface area contributed by atoms with Gasteiger partial charge in [0.1, 0.15) is 11.8 Å². The molecule has 5 amide bonds. The second kappa shape index (κ2) is 8.68. The van der Waals surface area contributed by atoms with Crippen molar-refractivity contribution in [3.8, 4) is 5.75 Å². The molecular weight excluding hydrogens is 424 g/mol. The Morgan fingerprint density at radius 1 is 1.12 bits per heavy atom. The lowest BCUT2D eigenvalue weighted by atomic mass is 9.76. The maximum Gasteiger partial charge on any atom is 0.325 e. The molecule has 0 aliphatic carbocycles. The SMILES string of the molecule is COc1ccc(CN2C(=O)N[C@@H](CC(=O)N3C[C@H]4C[C@@H](C3)C3CCCC(=O)N3C4)C2=O)cc1. The summed E-state index contributed by atoms with van der Waals surface area (Å²) < 4.78 is 5.14. The summed E-state index contributed by atoms with van der Waals surface area (Å²) in [6.07, 6.45) is 3.57. The van der Waals surface area contributed by atoms with Gasteiger partial charge in [-0.25, -0.2) is 4.79 Å². The van der Waals surface area contributed by atoms with Gasteiger partial charge in [0.15, 0.2) is 0 Å². The number of ether oxygens (including phenoxy) is 1. The van der Waals surface area contributed by atoms with Crippen LogP contribution in [0.25, 0.3) is 0 Å². The van der Waals surface area contributed by atoms with Crippen LogP contribution in [0.15, 0.2) is 24.3 Å². The van der Waals surface area contributed by atoms with Crippen LogP contribution in [0.3, 0.4) is 0 Å². The molecule has 4 fully saturated rings. The van der Waals surface area contributed by atoms with Gasteiger partial charge in [-0.15, -0.1) is 0 Å². The molecule has 4 aliphatic heterocycles. The van der Waals surface area contributed by atoms with Crippen molar-refractivity contribution in [2.24, 2.45) is 11.8 Å². The maximum atomic E-state index is 13.1. The number of amides is 5. The number of nitrogens with one attached hydrogen (secondary N) is 1. The monoisotopic (exact) mass is 454 g/mol. The molecule has 2 bridgehead atoms. The molecule has 0 aromatic heterocycles. The molecule has 1 unspecified atom stereocenters. The summed E-state index contributed by atoms with van der Waals surface area (Å²) >= 11 is 0. The zero-order valence-corrected chi connectivity index (χ0v) is 18.9. The molecular formula is C24H30N4O5. The summed E-state index contributed by atoms with van der Waals surface area (Å²) in [5.74, 6) is 1.05. The van der Waals surface area contributed by atoms with Gasteiger partial charge in [0.05, 0.1) is 20.1 Å². The van der Waals surface area contributed by atoms with Gasteiger partial charge in [0.2, 0.25) is 11.8 Å². The summed E-state index contributed by atoms with van der Waals surface area (Å²) in [6.45, 7) is 2.10. The predicted molar refractivity (Wildman–Crippen MR) is 118 cm³/mol. The number of imide groups is 1. The van der Waals surface area contributed by atoms with E-state index >= 15 is 0 Å². The first-order valence-electron chi connectivity index (χ1n) is 11.7. The first-order chi connectivity index (χ1) is 15.9. The molecule has 1 aromatic carbocycles. The summed E-state index contributed by atoms with van der Waals surface area (Å²) in [7, 11) is 1.58. The molecule has 0 saturated carbocycles. The number of methoxy groups -OCH3 is 1. The van der Waals surface area contributed by atoms with Crippen LogP contribution in [0, 0.1) is 11.8 Å². The third-order valence-electron chi connectivity index (χ3n) is 7.52. The van der Waals surface area contributed by atoms with Gasteiger partial charge in [0, 0.05) is 32.1 Å². The third kappa shape index (κ3) is 4.16. The molecule has 33 heavy (non-hydrogen) atoms. The molecule has 5 rings (SSSR count). The van der Waals surface area contributed by atoms with E-state index in [1.54, 1.807) is 19.2 Å². The molecule has 1 aromatic rings. The van der Waals surface area contributed by atoms with Crippen molar-refractivity contribution >= 4 is 23.8 Å². The van der Waals surface area contributed by atoms with Crippen molar-refractivity contribution in [1.82, 2.24) is 20.0 Å². The first kappa shape index (κ1) is 21.7. The van der Waals surface area contributed by atoms with Crippen LogP contribution in [0.5, 0.6) is 5.75 Å². The van der Waals surface area contributed by atoms with E-state index in [1.807, 2.05) is 21.9 Å². The third-order valence-corrected chi connectivity index (χ3v) is 7.52. The average molecular weight is 455 g/mol. The lowest BCUT2D eigenvalue weighted by Gasteiger charge is -2.52. The first-order valence-corrected chi connectivity index (χ1v) is 11.7. The van der Waals surface area contributed by atoms with Crippen molar-refractivity contribution < 1.29 is 23.9 Å². The molecule has 0 spiro atoms. The predicted octanol–water partition coefficient (Wildman–Crippen LogP) is 1.37. The second-order valence-electron chi connectivity index (χ2n) is 9.64. The Morgan fingerprint density at radius 3 is 2.67 bits per heavy atom. The Balaban J connectivity index is 1.20. The number of rotatable bonds is 5. The largest absolute Gasteiger partial charge is 0.497 e. The highest BCUT2D eigenvalue weighted by Crippen LogP contribution is 2.38. The Hall–Kier alpha value is -3.10. The number of carbonyl (C=O) groups excluding carboxylic acids is 4. The molecule has 4 heterocycles. The van der Waals surface area contributed by atoms with Crippen LogP contribution in [-0.4, -0.2) is 77.3 Å². The molecule has 4 atom stereocenters. The van der Waals surface area contributed by atoms with Crippen LogP contribution >= 0.6 is 0 Å². The second-order valence-corrected chi connectivity index (χ2v) is 9.64. The van der Waals surface area contributed by atoms with Crippen LogP contribution in [-0.2, 0) is 20.9 Å². The number of urea groups is 1. The van der Waals surface area contributed by atoms with Crippen LogP contribution in [0.1, 0.15) is 37.7 Å². The zero-order valence-electron chi connectivity index (χ0n) is 18.9. The zero-order chi connectivity index (χ0) is 23.1. The number of likely N-dealkylation sites (tertiary alicyclic amines) is 1. The van der Waals surface area contributed by atoms with Crippen LogP contribution < -0.4 is 10.1 Å². The fourth-order valence-electron chi connectivity index (χ4n) is 5.90. The van der Waals surface area contributed by atoms with Gasteiger partial charge in [-0.3, -0.25) is 19.3 Å². The average Bonchev–Trinajstić information content (AvgIpc) is 3.07. The Labute approximate surface area is 193 Å². The smallest absolute Gasteiger partial charge is 0.325 e. The molecule has 9 heteroatoms. The highest BCUT2D eigenvalue weighted by atomic mass is 16.5. The van der Waals surface area contributed by atoms with Crippen molar-refractivity contribution in [2.45, 2.75) is 50.7 Å². The van der Waals surface area contributed by atoms with E-state index in [0.29, 0.717) is 31.2 Å². The molecule has 0 radical (unpaired) electrons. The van der Waals surface area contributed by atoms with E-state index in [-0.39, 0.29) is 42.6 Å². The summed E-state index contributed by atoms with van der Waals surface area (Å²) in [5.41, 5.74) is 0.807. The van der Waals surface area contributed by atoms with E-state index in [0.717, 1.165) is 36.3 Å². The van der Waals surface area contributed by atoms with Gasteiger partial charge < -0.3 is 19.9 Å². The molecule has 9 nitrogen and oxygen atoms in total. The number of hydrogen-bond acceptors (Lipinski definition) is 5. The summed E-state index contributed by atoms with van der Waals surface area (Å²) in [6, 6.07) is 6.10. The number of fused-ring (bicyclic) bond motifs is 4. The molecule has 4 saturated heterocycles. The van der Waals surface area contributed by atoms with E-state index < -0.39 is 12.1 Å². The van der Waals surface area contributed by atoms with Crippen LogP contribution in [0.2, 0.25) is 0 Å². The van der Waals surface area contributed by atoms with Gasteiger partial charge in [-0.2, -0.15) is 0 Å². The molecule has 176 valence electrons. The standard InChI is InChI=1S/C24H30N4O5/c1-33-18-7-5-15(6-8-18)12-28-23(31)19(25-24(28)32)10-22(30)26-11-16-9-17(14-26)20-3-2-4-21(29)27(20)13-16/h5-8,16-17,19-20H,2-4,9-14H2,1H3,(H,25,32)/t16-,17+,19+,20?/m1/s1. The normalized spacial score (nSPS) is 29.1. The number of piperidine rings is 3. The number of nitrogens with zero attached hydrogens (tertiary/aromatic N) is 3.